The molecule has 0 heterocycles. The fourth-order valence-electron chi connectivity index (χ4n) is 2.04. The van der Waals surface area contributed by atoms with Crippen molar-refractivity contribution in [3.63, 3.8) is 0 Å². The topological polar surface area (TPSA) is 0 Å². The molecule has 1 heteroatoms. The van der Waals surface area contributed by atoms with E-state index in [4.69, 9.17) is 11.6 Å². The molecule has 0 aromatic heterocycles. The van der Waals surface area contributed by atoms with E-state index < -0.39 is 0 Å². The summed E-state index contributed by atoms with van der Waals surface area (Å²) in [5, 5.41) is 0. The molecule has 0 aliphatic heterocycles. The molecule has 0 nitrogen and oxygen atoms in total. The highest BCUT2D eigenvalue weighted by Gasteiger charge is 2.38. The number of halogens is 1. The summed E-state index contributed by atoms with van der Waals surface area (Å²) in [6, 6.07) is 0. The lowest BCUT2D eigenvalue weighted by molar-refractivity contribution is 0.198. The van der Waals surface area contributed by atoms with Gasteiger partial charge in [-0.05, 0) is 31.1 Å². The molecule has 0 saturated carbocycles. The van der Waals surface area contributed by atoms with Crippen molar-refractivity contribution in [3.8, 4) is 0 Å². The van der Waals surface area contributed by atoms with Crippen LogP contribution in [0.25, 0.3) is 0 Å². The van der Waals surface area contributed by atoms with E-state index >= 15 is 0 Å². The Kier molecular flexibility index (Phi) is 4.79. The lowest BCUT2D eigenvalue weighted by Gasteiger charge is -2.41. The molecule has 0 saturated heterocycles. The number of hydrogen-bond acceptors (Lipinski definition) is 0. The fourth-order valence-corrected chi connectivity index (χ4v) is 2.31. The molecule has 0 aromatic rings. The molecule has 0 aromatic carbocycles. The molecule has 80 valence electrons. The lowest BCUT2D eigenvalue weighted by atomic mass is 9.72. The predicted octanol–water partition coefficient (Wildman–Crippen LogP) is 4.86. The normalized spacial score (nSPS) is 17.5. The van der Waals surface area contributed by atoms with Gasteiger partial charge in [-0.15, -0.1) is 11.6 Å². The van der Waals surface area contributed by atoms with E-state index in [0.717, 1.165) is 12.3 Å². The van der Waals surface area contributed by atoms with Crippen LogP contribution in [-0.2, 0) is 0 Å². The zero-order valence-corrected chi connectivity index (χ0v) is 10.8. The largest absolute Gasteiger partial charge is 0.119 e. The Labute approximate surface area is 89.1 Å². The molecule has 1 unspecified atom stereocenters. The third kappa shape index (κ3) is 3.89. The Morgan fingerprint density at radius 1 is 1.15 bits per heavy atom. The van der Waals surface area contributed by atoms with E-state index in [1.807, 2.05) is 0 Å². The lowest BCUT2D eigenvalue weighted by Crippen LogP contribution is -2.37. The van der Waals surface area contributed by atoms with Gasteiger partial charge in [0, 0.05) is 4.87 Å². The third-order valence-electron chi connectivity index (χ3n) is 3.05. The van der Waals surface area contributed by atoms with E-state index in [-0.39, 0.29) is 10.3 Å². The third-order valence-corrected chi connectivity index (χ3v) is 3.75. The molecular weight excluding hydrogens is 180 g/mol. The zero-order valence-electron chi connectivity index (χ0n) is 10.1. The summed E-state index contributed by atoms with van der Waals surface area (Å²) < 4.78 is 0. The van der Waals surface area contributed by atoms with Gasteiger partial charge in [-0.25, -0.2) is 0 Å². The number of hydrogen-bond donors (Lipinski definition) is 0. The van der Waals surface area contributed by atoms with Crippen molar-refractivity contribution < 1.29 is 0 Å². The first-order valence-electron chi connectivity index (χ1n) is 5.42. The van der Waals surface area contributed by atoms with E-state index in [0.29, 0.717) is 0 Å². The van der Waals surface area contributed by atoms with Crippen LogP contribution < -0.4 is 0 Å². The first kappa shape index (κ1) is 13.3. The summed E-state index contributed by atoms with van der Waals surface area (Å²) in [6.07, 6.45) is 3.48. The minimum atomic E-state index is -0.0496. The van der Waals surface area contributed by atoms with E-state index in [9.17, 15) is 0 Å². The van der Waals surface area contributed by atoms with Gasteiger partial charge in [0.05, 0.1) is 0 Å². The van der Waals surface area contributed by atoms with Gasteiger partial charge in [0.1, 0.15) is 0 Å². The quantitative estimate of drug-likeness (QED) is 0.562. The van der Waals surface area contributed by atoms with Crippen LogP contribution >= 0.6 is 11.6 Å². The molecule has 0 N–H and O–H groups in total. The molecule has 0 aliphatic carbocycles. The van der Waals surface area contributed by atoms with Crippen molar-refractivity contribution in [2.75, 3.05) is 0 Å². The van der Waals surface area contributed by atoms with Crippen LogP contribution in [0.5, 0.6) is 0 Å². The number of alkyl halides is 1. The van der Waals surface area contributed by atoms with Crippen LogP contribution in [0.15, 0.2) is 0 Å². The summed E-state index contributed by atoms with van der Waals surface area (Å²) >= 11 is 6.57. The maximum atomic E-state index is 6.57. The smallest absolute Gasteiger partial charge is 0.0469 e. The second kappa shape index (κ2) is 4.68. The fraction of sp³-hybridized carbons (Fsp3) is 1.00. The summed E-state index contributed by atoms with van der Waals surface area (Å²) in [6.45, 7) is 13.5. The Bertz CT molecular complexity index is 145. The summed E-state index contributed by atoms with van der Waals surface area (Å²) in [7, 11) is 0. The van der Waals surface area contributed by atoms with Crippen molar-refractivity contribution in [2.45, 2.75) is 65.7 Å². The van der Waals surface area contributed by atoms with Gasteiger partial charge in [0.2, 0.25) is 0 Å². The Morgan fingerprint density at radius 3 is 1.92 bits per heavy atom. The first-order chi connectivity index (χ1) is 5.73. The zero-order chi connectivity index (χ0) is 10.7. The van der Waals surface area contributed by atoms with Crippen LogP contribution in [-0.4, -0.2) is 4.87 Å². The minimum Gasteiger partial charge on any atom is -0.119 e. The van der Waals surface area contributed by atoms with E-state index in [1.165, 1.54) is 12.8 Å². The highest BCUT2D eigenvalue weighted by atomic mass is 35.5. The average molecular weight is 205 g/mol. The maximum absolute atomic E-state index is 6.57. The Hall–Kier alpha value is 0.290. The molecular formula is C12H25Cl. The van der Waals surface area contributed by atoms with E-state index in [2.05, 4.69) is 41.5 Å². The van der Waals surface area contributed by atoms with Crippen LogP contribution in [0.3, 0.4) is 0 Å². The molecule has 0 fully saturated rings. The van der Waals surface area contributed by atoms with Gasteiger partial charge in [-0.3, -0.25) is 0 Å². The monoisotopic (exact) mass is 204 g/mol. The highest BCUT2D eigenvalue weighted by Crippen LogP contribution is 2.44. The van der Waals surface area contributed by atoms with Crippen LogP contribution in [0.1, 0.15) is 60.8 Å². The first-order valence-corrected chi connectivity index (χ1v) is 5.79. The van der Waals surface area contributed by atoms with Crippen molar-refractivity contribution in [3.05, 3.63) is 0 Å². The van der Waals surface area contributed by atoms with Crippen LogP contribution in [0.2, 0.25) is 0 Å². The summed E-state index contributed by atoms with van der Waals surface area (Å²) in [5.41, 5.74) is 0.235. The maximum Gasteiger partial charge on any atom is 0.0469 e. The van der Waals surface area contributed by atoms with Gasteiger partial charge in [0.15, 0.2) is 0 Å². The Balaban J connectivity index is 4.40. The SMILES string of the molecule is CCCC(C)(Cl)C(C)(C)CC(C)C. The van der Waals surface area contributed by atoms with Crippen LogP contribution in [0.4, 0.5) is 0 Å². The average Bonchev–Trinajstić information content (AvgIpc) is 1.82. The molecule has 0 radical (unpaired) electrons. The molecule has 0 amide bonds. The predicted molar refractivity (Wildman–Crippen MR) is 62.4 cm³/mol. The second-order valence-corrected chi connectivity index (χ2v) is 6.26. The van der Waals surface area contributed by atoms with Gasteiger partial charge < -0.3 is 0 Å². The Morgan fingerprint density at radius 2 is 1.62 bits per heavy atom. The van der Waals surface area contributed by atoms with Gasteiger partial charge >= 0.3 is 0 Å². The standard InChI is InChI=1S/C12H25Cl/c1-7-8-12(6,13)11(4,5)9-10(2)3/h10H,7-9H2,1-6H3. The second-order valence-electron chi connectivity index (χ2n) is 5.43. The van der Waals surface area contributed by atoms with Crippen molar-refractivity contribution in [1.29, 1.82) is 0 Å². The van der Waals surface area contributed by atoms with Gasteiger partial charge in [-0.2, -0.15) is 0 Å². The van der Waals surface area contributed by atoms with Gasteiger partial charge in [0.25, 0.3) is 0 Å². The van der Waals surface area contributed by atoms with Crippen molar-refractivity contribution in [1.82, 2.24) is 0 Å². The summed E-state index contributed by atoms with van der Waals surface area (Å²) in [5.74, 6) is 0.727. The molecule has 0 bridgehead atoms. The molecule has 0 spiro atoms. The highest BCUT2D eigenvalue weighted by molar-refractivity contribution is 6.24. The van der Waals surface area contributed by atoms with Crippen molar-refractivity contribution in [2.24, 2.45) is 11.3 Å². The molecule has 0 rings (SSSR count). The molecule has 13 heavy (non-hydrogen) atoms. The van der Waals surface area contributed by atoms with Crippen LogP contribution in [0, 0.1) is 11.3 Å². The van der Waals surface area contributed by atoms with Crippen molar-refractivity contribution >= 4 is 11.6 Å². The van der Waals surface area contributed by atoms with E-state index in [1.54, 1.807) is 0 Å². The van der Waals surface area contributed by atoms with Gasteiger partial charge in [-0.1, -0.05) is 41.0 Å². The molecule has 0 aliphatic rings. The number of rotatable bonds is 5. The minimum absolute atomic E-state index is 0.0496. The summed E-state index contributed by atoms with van der Waals surface area (Å²) in [4.78, 5) is -0.0496. The molecule has 1 atom stereocenters.